The standard InChI is InChI=1S/C12H16N2O3S/c15-18(16,14-10-3-4-10)11-5-1-9(2-6-11)12-7-17-8-13-12/h1-2,5-6,10,12-14H,3-4,7-8H2. The van der Waals surface area contributed by atoms with E-state index in [4.69, 9.17) is 4.74 Å². The van der Waals surface area contributed by atoms with Crippen LogP contribution in [0.2, 0.25) is 0 Å². The fourth-order valence-corrected chi connectivity index (χ4v) is 3.28. The van der Waals surface area contributed by atoms with Crippen LogP contribution >= 0.6 is 0 Å². The first kappa shape index (κ1) is 12.1. The van der Waals surface area contributed by atoms with E-state index in [2.05, 4.69) is 10.0 Å². The highest BCUT2D eigenvalue weighted by Crippen LogP contribution is 2.23. The maximum atomic E-state index is 12.0. The van der Waals surface area contributed by atoms with Crippen molar-refractivity contribution in [1.29, 1.82) is 0 Å². The summed E-state index contributed by atoms with van der Waals surface area (Å²) in [6.45, 7) is 1.18. The second kappa shape index (κ2) is 4.62. The monoisotopic (exact) mass is 268 g/mol. The number of nitrogens with one attached hydrogen (secondary N) is 2. The van der Waals surface area contributed by atoms with E-state index in [-0.39, 0.29) is 12.1 Å². The molecule has 0 bridgehead atoms. The van der Waals surface area contributed by atoms with Gasteiger partial charge in [-0.2, -0.15) is 0 Å². The van der Waals surface area contributed by atoms with Crippen molar-refractivity contribution >= 4 is 10.0 Å². The predicted molar refractivity (Wildman–Crippen MR) is 66.5 cm³/mol. The highest BCUT2D eigenvalue weighted by atomic mass is 32.2. The number of sulfonamides is 1. The quantitative estimate of drug-likeness (QED) is 0.845. The third-order valence-electron chi connectivity index (χ3n) is 3.21. The average Bonchev–Trinajstić information content (AvgIpc) is 2.99. The molecule has 5 nitrogen and oxygen atoms in total. The lowest BCUT2D eigenvalue weighted by Crippen LogP contribution is -2.25. The summed E-state index contributed by atoms with van der Waals surface area (Å²) in [6, 6.07) is 7.29. The van der Waals surface area contributed by atoms with Crippen LogP contribution in [0.25, 0.3) is 0 Å². The van der Waals surface area contributed by atoms with Crippen molar-refractivity contribution in [2.45, 2.75) is 29.8 Å². The molecule has 1 saturated heterocycles. The van der Waals surface area contributed by atoms with Crippen LogP contribution in [0.15, 0.2) is 29.2 Å². The van der Waals surface area contributed by atoms with Gasteiger partial charge in [0, 0.05) is 6.04 Å². The molecule has 0 radical (unpaired) electrons. The summed E-state index contributed by atoms with van der Waals surface area (Å²) in [5, 5.41) is 3.19. The SMILES string of the molecule is O=S(=O)(NC1CC1)c1ccc(C2COCN2)cc1. The summed E-state index contributed by atoms with van der Waals surface area (Å²) < 4.78 is 31.8. The van der Waals surface area contributed by atoms with Crippen LogP contribution in [-0.2, 0) is 14.8 Å². The molecule has 1 aliphatic carbocycles. The molecule has 1 unspecified atom stereocenters. The van der Waals surface area contributed by atoms with Crippen molar-refractivity contribution in [1.82, 2.24) is 10.0 Å². The second-order valence-electron chi connectivity index (χ2n) is 4.74. The van der Waals surface area contributed by atoms with Crippen LogP contribution < -0.4 is 10.0 Å². The lowest BCUT2D eigenvalue weighted by molar-refractivity contribution is 0.189. The zero-order valence-corrected chi connectivity index (χ0v) is 10.7. The van der Waals surface area contributed by atoms with E-state index in [9.17, 15) is 8.42 Å². The Morgan fingerprint density at radius 1 is 1.22 bits per heavy atom. The van der Waals surface area contributed by atoms with Gasteiger partial charge in [-0.05, 0) is 30.5 Å². The Hall–Kier alpha value is -0.950. The van der Waals surface area contributed by atoms with Gasteiger partial charge < -0.3 is 4.74 Å². The molecular formula is C12H16N2O3S. The molecule has 1 heterocycles. The second-order valence-corrected chi connectivity index (χ2v) is 6.45. The van der Waals surface area contributed by atoms with Gasteiger partial charge in [-0.1, -0.05) is 12.1 Å². The van der Waals surface area contributed by atoms with Crippen molar-refractivity contribution in [3.05, 3.63) is 29.8 Å². The van der Waals surface area contributed by atoms with Gasteiger partial charge in [0.05, 0.1) is 24.3 Å². The van der Waals surface area contributed by atoms with Crippen molar-refractivity contribution in [2.75, 3.05) is 13.3 Å². The maximum Gasteiger partial charge on any atom is 0.240 e. The fraction of sp³-hybridized carbons (Fsp3) is 0.500. The summed E-state index contributed by atoms with van der Waals surface area (Å²) in [7, 11) is -3.34. The summed E-state index contributed by atoms with van der Waals surface area (Å²) >= 11 is 0. The Morgan fingerprint density at radius 3 is 2.50 bits per heavy atom. The summed E-state index contributed by atoms with van der Waals surface area (Å²) in [4.78, 5) is 0.331. The Kier molecular flexibility index (Phi) is 3.11. The first-order valence-electron chi connectivity index (χ1n) is 6.08. The zero-order chi connectivity index (χ0) is 12.6. The van der Waals surface area contributed by atoms with E-state index in [1.807, 2.05) is 12.1 Å². The predicted octanol–water partition coefficient (Wildman–Crippen LogP) is 0.746. The lowest BCUT2D eigenvalue weighted by atomic mass is 10.1. The molecule has 98 valence electrons. The number of ether oxygens (including phenoxy) is 1. The fourth-order valence-electron chi connectivity index (χ4n) is 1.98. The van der Waals surface area contributed by atoms with Gasteiger partial charge >= 0.3 is 0 Å². The van der Waals surface area contributed by atoms with Crippen molar-refractivity contribution < 1.29 is 13.2 Å². The van der Waals surface area contributed by atoms with Gasteiger partial charge in [0.2, 0.25) is 10.0 Å². The highest BCUT2D eigenvalue weighted by Gasteiger charge is 2.28. The van der Waals surface area contributed by atoms with E-state index in [1.54, 1.807) is 12.1 Å². The van der Waals surface area contributed by atoms with Gasteiger partial charge in [-0.3, -0.25) is 5.32 Å². The van der Waals surface area contributed by atoms with Crippen LogP contribution in [0.4, 0.5) is 0 Å². The highest BCUT2D eigenvalue weighted by molar-refractivity contribution is 7.89. The summed E-state index contributed by atoms with van der Waals surface area (Å²) in [5.41, 5.74) is 1.05. The molecule has 0 amide bonds. The molecule has 2 fully saturated rings. The Balaban J connectivity index is 1.77. The Bertz CT molecular complexity index is 517. The van der Waals surface area contributed by atoms with E-state index in [0.717, 1.165) is 18.4 Å². The molecule has 0 aromatic heterocycles. The minimum atomic E-state index is -3.34. The van der Waals surface area contributed by atoms with Crippen molar-refractivity contribution in [3.63, 3.8) is 0 Å². The third-order valence-corrected chi connectivity index (χ3v) is 4.74. The van der Waals surface area contributed by atoms with Gasteiger partial charge in [0.25, 0.3) is 0 Å². The first-order chi connectivity index (χ1) is 8.65. The molecule has 1 aromatic rings. The minimum Gasteiger partial charge on any atom is -0.364 e. The molecule has 2 N–H and O–H groups in total. The normalized spacial score (nSPS) is 24.3. The minimum absolute atomic E-state index is 0.138. The van der Waals surface area contributed by atoms with Gasteiger partial charge in [0.15, 0.2) is 0 Å². The number of hydrogen-bond donors (Lipinski definition) is 2. The van der Waals surface area contributed by atoms with Gasteiger partial charge in [-0.25, -0.2) is 13.1 Å². The molecule has 1 aliphatic heterocycles. The van der Waals surface area contributed by atoms with Gasteiger partial charge in [-0.15, -0.1) is 0 Å². The van der Waals surface area contributed by atoms with E-state index in [1.165, 1.54) is 0 Å². The van der Waals surface area contributed by atoms with Crippen molar-refractivity contribution in [3.8, 4) is 0 Å². The Morgan fingerprint density at radius 2 is 1.94 bits per heavy atom. The molecule has 3 rings (SSSR count). The molecule has 1 saturated carbocycles. The molecule has 2 aliphatic rings. The Labute approximate surface area is 107 Å². The molecular weight excluding hydrogens is 252 g/mol. The maximum absolute atomic E-state index is 12.0. The van der Waals surface area contributed by atoms with Gasteiger partial charge in [0.1, 0.15) is 0 Å². The van der Waals surface area contributed by atoms with Crippen LogP contribution in [-0.4, -0.2) is 27.8 Å². The van der Waals surface area contributed by atoms with Crippen LogP contribution in [0.5, 0.6) is 0 Å². The number of benzene rings is 1. The topological polar surface area (TPSA) is 67.4 Å². The molecule has 6 heteroatoms. The lowest BCUT2D eigenvalue weighted by Gasteiger charge is -2.10. The van der Waals surface area contributed by atoms with E-state index in [0.29, 0.717) is 18.2 Å². The van der Waals surface area contributed by atoms with E-state index >= 15 is 0 Å². The zero-order valence-electron chi connectivity index (χ0n) is 9.93. The summed E-state index contributed by atoms with van der Waals surface area (Å²) in [6.07, 6.45) is 1.89. The number of hydrogen-bond acceptors (Lipinski definition) is 4. The van der Waals surface area contributed by atoms with Crippen LogP contribution in [0.1, 0.15) is 24.4 Å². The molecule has 1 atom stereocenters. The molecule has 18 heavy (non-hydrogen) atoms. The van der Waals surface area contributed by atoms with Crippen LogP contribution in [0.3, 0.4) is 0 Å². The summed E-state index contributed by atoms with van der Waals surface area (Å²) in [5.74, 6) is 0. The first-order valence-corrected chi connectivity index (χ1v) is 7.57. The molecule has 0 spiro atoms. The van der Waals surface area contributed by atoms with E-state index < -0.39 is 10.0 Å². The third kappa shape index (κ3) is 2.56. The smallest absolute Gasteiger partial charge is 0.240 e. The number of rotatable bonds is 4. The largest absolute Gasteiger partial charge is 0.364 e. The van der Waals surface area contributed by atoms with Crippen molar-refractivity contribution in [2.24, 2.45) is 0 Å². The average molecular weight is 268 g/mol. The molecule has 1 aromatic carbocycles. The van der Waals surface area contributed by atoms with Crippen LogP contribution in [0, 0.1) is 0 Å².